The van der Waals surface area contributed by atoms with Crippen molar-refractivity contribution in [3.8, 4) is 5.69 Å². The van der Waals surface area contributed by atoms with Crippen LogP contribution in [-0.4, -0.2) is 36.1 Å². The van der Waals surface area contributed by atoms with Crippen LogP contribution in [0.25, 0.3) is 16.7 Å². The molecule has 0 unspecified atom stereocenters. The number of carbonyl (C=O) groups excluding carboxylic acids is 1. The topological polar surface area (TPSA) is 133 Å². The number of hydrogen-bond donors (Lipinski definition) is 2. The maximum atomic E-state index is 13.7. The molecule has 4 N–H and O–H groups in total. The van der Waals surface area contributed by atoms with Crippen LogP contribution in [0.3, 0.4) is 0 Å². The third kappa shape index (κ3) is 3.92. The molecule has 152 valence electrons. The molecule has 0 aliphatic heterocycles. The van der Waals surface area contributed by atoms with Gasteiger partial charge in [0.15, 0.2) is 15.8 Å². The first-order valence-electron chi connectivity index (χ1n) is 7.91. The third-order valence-corrected chi connectivity index (χ3v) is 5.10. The number of sulfone groups is 1. The number of para-hydroxylation sites is 2. The average molecular weight is 425 g/mol. The van der Waals surface area contributed by atoms with E-state index in [-0.39, 0.29) is 5.69 Å². The zero-order valence-electron chi connectivity index (χ0n) is 14.8. The second-order valence-corrected chi connectivity index (χ2v) is 8.06. The van der Waals surface area contributed by atoms with Crippen molar-refractivity contribution in [2.75, 3.05) is 6.26 Å². The number of benzene rings is 2. The number of fused-ring (bicyclic) bond motifs is 1. The minimum absolute atomic E-state index is 0.310. The number of rotatable bonds is 3. The molecule has 0 fully saturated rings. The van der Waals surface area contributed by atoms with Gasteiger partial charge in [-0.1, -0.05) is 12.1 Å². The largest absolute Gasteiger partial charge is 0.417 e. The number of hydrogen-bond acceptors (Lipinski definition) is 4. The summed E-state index contributed by atoms with van der Waals surface area (Å²) in [6, 6.07) is 7.68. The molecule has 1 aromatic heterocycles. The van der Waals surface area contributed by atoms with Gasteiger partial charge in [0.05, 0.1) is 32.7 Å². The van der Waals surface area contributed by atoms with Crippen molar-refractivity contribution in [2.45, 2.75) is 11.1 Å². The van der Waals surface area contributed by atoms with Gasteiger partial charge in [0.1, 0.15) is 6.33 Å². The third-order valence-electron chi connectivity index (χ3n) is 3.98. The summed E-state index contributed by atoms with van der Waals surface area (Å²) >= 11 is 0. The number of carbonyl (C=O) groups is 1. The first-order chi connectivity index (χ1) is 13.4. The molecule has 1 heterocycles. The van der Waals surface area contributed by atoms with E-state index in [0.717, 1.165) is 6.26 Å². The Kier molecular flexibility index (Phi) is 4.82. The van der Waals surface area contributed by atoms with E-state index in [1.807, 2.05) is 0 Å². The van der Waals surface area contributed by atoms with Crippen LogP contribution in [0.2, 0.25) is 0 Å². The molecule has 3 aromatic rings. The highest BCUT2D eigenvalue weighted by Crippen LogP contribution is 2.37. The van der Waals surface area contributed by atoms with E-state index in [1.54, 1.807) is 24.3 Å². The predicted molar refractivity (Wildman–Crippen MR) is 99.3 cm³/mol. The standard InChI is InChI=1S/C17H14F3N5O3S/c1-29(27,28)14-6-9(15(26)24-16(21)22)10(17(18,19)20)7-13(14)25-8-23-11-4-2-3-5-12(11)25/h2-8H,1H3,(H4,21,22,24,26). The molecule has 29 heavy (non-hydrogen) atoms. The molecule has 0 saturated heterocycles. The lowest BCUT2D eigenvalue weighted by Gasteiger charge is -2.17. The fourth-order valence-corrected chi connectivity index (χ4v) is 3.66. The van der Waals surface area contributed by atoms with Gasteiger partial charge in [0, 0.05) is 6.26 Å². The van der Waals surface area contributed by atoms with Gasteiger partial charge >= 0.3 is 6.18 Å². The molecule has 2 aromatic carbocycles. The first-order valence-corrected chi connectivity index (χ1v) is 9.80. The van der Waals surface area contributed by atoms with Crippen LogP contribution in [-0.2, 0) is 16.0 Å². The number of nitrogens with zero attached hydrogens (tertiary/aromatic N) is 3. The molecule has 0 aliphatic carbocycles. The Balaban J connectivity index is 2.43. The number of halogens is 3. The molecule has 0 spiro atoms. The summed E-state index contributed by atoms with van der Waals surface area (Å²) in [6.07, 6.45) is -2.97. The summed E-state index contributed by atoms with van der Waals surface area (Å²) < 4.78 is 66.9. The monoisotopic (exact) mass is 425 g/mol. The van der Waals surface area contributed by atoms with Crippen molar-refractivity contribution >= 4 is 32.7 Å². The molecule has 12 heteroatoms. The van der Waals surface area contributed by atoms with Gasteiger partial charge < -0.3 is 11.5 Å². The number of nitrogens with two attached hydrogens (primary N) is 2. The van der Waals surface area contributed by atoms with E-state index in [9.17, 15) is 26.4 Å². The average Bonchev–Trinajstić information content (AvgIpc) is 3.02. The van der Waals surface area contributed by atoms with Gasteiger partial charge in [-0.05, 0) is 24.3 Å². The van der Waals surface area contributed by atoms with Crippen LogP contribution in [0.4, 0.5) is 13.2 Å². The van der Waals surface area contributed by atoms with Crippen LogP contribution in [0, 0.1) is 0 Å². The Morgan fingerprint density at radius 1 is 1.17 bits per heavy atom. The molecule has 3 rings (SSSR count). The highest BCUT2D eigenvalue weighted by molar-refractivity contribution is 7.90. The van der Waals surface area contributed by atoms with Gasteiger partial charge in [0.2, 0.25) is 0 Å². The first kappa shape index (κ1) is 20.3. The van der Waals surface area contributed by atoms with E-state index in [2.05, 4.69) is 9.98 Å². The number of aliphatic imine (C=N–C) groups is 1. The second kappa shape index (κ2) is 6.88. The highest BCUT2D eigenvalue weighted by atomic mass is 32.2. The van der Waals surface area contributed by atoms with Gasteiger partial charge in [-0.2, -0.15) is 18.2 Å². The second-order valence-electron chi connectivity index (χ2n) is 6.08. The minimum Gasteiger partial charge on any atom is -0.370 e. The quantitative estimate of drug-likeness (QED) is 0.486. The molecular weight excluding hydrogens is 411 g/mol. The van der Waals surface area contributed by atoms with E-state index in [1.165, 1.54) is 10.9 Å². The van der Waals surface area contributed by atoms with Gasteiger partial charge in [0.25, 0.3) is 5.91 Å². The lowest BCUT2D eigenvalue weighted by molar-refractivity contribution is -0.137. The van der Waals surface area contributed by atoms with Crippen LogP contribution >= 0.6 is 0 Å². The Labute approximate surface area is 162 Å². The Morgan fingerprint density at radius 2 is 1.83 bits per heavy atom. The molecule has 0 atom stereocenters. The smallest absolute Gasteiger partial charge is 0.370 e. The zero-order chi connectivity index (χ0) is 21.6. The molecule has 8 nitrogen and oxygen atoms in total. The van der Waals surface area contributed by atoms with E-state index < -0.39 is 43.9 Å². The summed E-state index contributed by atoms with van der Waals surface area (Å²) in [6.45, 7) is 0. The van der Waals surface area contributed by atoms with Crippen LogP contribution < -0.4 is 11.5 Å². The van der Waals surface area contributed by atoms with Crippen molar-refractivity contribution in [2.24, 2.45) is 16.5 Å². The molecule has 0 bridgehead atoms. The normalized spacial score (nSPS) is 12.1. The zero-order valence-corrected chi connectivity index (χ0v) is 15.6. The summed E-state index contributed by atoms with van der Waals surface area (Å²) in [5.41, 5.74) is 8.31. The number of aromatic nitrogens is 2. The highest BCUT2D eigenvalue weighted by Gasteiger charge is 2.37. The Hall–Kier alpha value is -3.41. The summed E-state index contributed by atoms with van der Waals surface area (Å²) in [7, 11) is -4.05. The van der Waals surface area contributed by atoms with Gasteiger partial charge in [-0.25, -0.2) is 13.4 Å². The van der Waals surface area contributed by atoms with E-state index in [4.69, 9.17) is 11.5 Å². The Morgan fingerprint density at radius 3 is 2.41 bits per heavy atom. The lowest BCUT2D eigenvalue weighted by Crippen LogP contribution is -2.25. The van der Waals surface area contributed by atoms with Crippen molar-refractivity contribution in [1.29, 1.82) is 0 Å². The van der Waals surface area contributed by atoms with E-state index >= 15 is 0 Å². The van der Waals surface area contributed by atoms with Crippen molar-refractivity contribution in [1.82, 2.24) is 9.55 Å². The Bertz CT molecular complexity index is 1260. The van der Waals surface area contributed by atoms with E-state index in [0.29, 0.717) is 23.2 Å². The lowest BCUT2D eigenvalue weighted by atomic mass is 10.0. The van der Waals surface area contributed by atoms with Gasteiger partial charge in [-0.3, -0.25) is 9.36 Å². The predicted octanol–water partition coefficient (Wildman–Crippen LogP) is 1.86. The minimum atomic E-state index is -4.98. The van der Waals surface area contributed by atoms with Crippen molar-refractivity contribution < 1.29 is 26.4 Å². The number of guanidine groups is 1. The summed E-state index contributed by atoms with van der Waals surface area (Å²) in [5.74, 6) is -2.17. The van der Waals surface area contributed by atoms with Crippen LogP contribution in [0.5, 0.6) is 0 Å². The van der Waals surface area contributed by atoms with Crippen LogP contribution in [0.1, 0.15) is 15.9 Å². The van der Waals surface area contributed by atoms with Crippen LogP contribution in [0.15, 0.2) is 52.6 Å². The molecule has 0 saturated carbocycles. The summed E-state index contributed by atoms with van der Waals surface area (Å²) in [5, 5.41) is 0. The van der Waals surface area contributed by atoms with Crippen molar-refractivity contribution in [3.05, 3.63) is 53.9 Å². The fourth-order valence-electron chi connectivity index (χ4n) is 2.79. The fraction of sp³-hybridized carbons (Fsp3) is 0.118. The molecule has 0 radical (unpaired) electrons. The molecular formula is C17H14F3N5O3S. The number of alkyl halides is 3. The molecule has 0 aliphatic rings. The van der Waals surface area contributed by atoms with Crippen molar-refractivity contribution in [3.63, 3.8) is 0 Å². The maximum Gasteiger partial charge on any atom is 0.417 e. The maximum absolute atomic E-state index is 13.7. The molecule has 1 amide bonds. The number of amides is 1. The number of imidazole rings is 1. The SMILES string of the molecule is CS(=O)(=O)c1cc(C(=O)N=C(N)N)c(C(F)(F)F)cc1-n1cnc2ccccc21. The summed E-state index contributed by atoms with van der Waals surface area (Å²) in [4.78, 5) is 18.8. The van der Waals surface area contributed by atoms with Gasteiger partial charge in [-0.15, -0.1) is 0 Å².